The Hall–Kier alpha value is -2.35. The number of carbonyl (C=O) groups excluding carboxylic acids is 2. The molecule has 0 aliphatic heterocycles. The molecule has 5 nitrogen and oxygen atoms in total. The Balaban J connectivity index is 1.52. The standard InChI is InChI=1S/C23H24ClN3O2S2/c1-3-4-5-21(28)25-18-10-12-19(13-11-18)31-15(2)22(29)27-23-26-20(14-30-23)16-6-8-17(24)9-7-16/h6-15H,3-5H2,1-2H3,(H,25,28)(H,26,27,29). The fraction of sp³-hybridized carbons (Fsp3) is 0.261. The smallest absolute Gasteiger partial charge is 0.239 e. The van der Waals surface area contributed by atoms with E-state index in [1.54, 1.807) is 0 Å². The first-order chi connectivity index (χ1) is 14.9. The molecule has 0 aliphatic rings. The van der Waals surface area contributed by atoms with Gasteiger partial charge in [-0.3, -0.25) is 9.59 Å². The first-order valence-corrected chi connectivity index (χ1v) is 12.2. The number of carbonyl (C=O) groups is 2. The minimum atomic E-state index is -0.298. The summed E-state index contributed by atoms with van der Waals surface area (Å²) < 4.78 is 0. The number of anilines is 2. The second-order valence-electron chi connectivity index (χ2n) is 6.97. The summed E-state index contributed by atoms with van der Waals surface area (Å²) in [5, 5.41) is 8.62. The van der Waals surface area contributed by atoms with Crippen molar-refractivity contribution in [3.05, 3.63) is 58.9 Å². The second-order valence-corrected chi connectivity index (χ2v) is 9.68. The molecular formula is C23H24ClN3O2S2. The molecule has 0 radical (unpaired) electrons. The Morgan fingerprint density at radius 2 is 1.81 bits per heavy atom. The molecule has 0 saturated carbocycles. The molecule has 1 aromatic heterocycles. The lowest BCUT2D eigenvalue weighted by Gasteiger charge is -2.11. The fourth-order valence-electron chi connectivity index (χ4n) is 2.73. The van der Waals surface area contributed by atoms with Crippen molar-refractivity contribution in [2.75, 3.05) is 10.6 Å². The molecule has 162 valence electrons. The number of nitrogens with zero attached hydrogens (tertiary/aromatic N) is 1. The molecule has 3 rings (SSSR count). The summed E-state index contributed by atoms with van der Waals surface area (Å²) in [6.07, 6.45) is 2.40. The largest absolute Gasteiger partial charge is 0.326 e. The summed E-state index contributed by atoms with van der Waals surface area (Å²) in [5.74, 6) is -0.0876. The molecule has 8 heteroatoms. The van der Waals surface area contributed by atoms with Crippen LogP contribution in [0.1, 0.15) is 33.1 Å². The van der Waals surface area contributed by atoms with Gasteiger partial charge < -0.3 is 10.6 Å². The number of benzene rings is 2. The number of halogens is 1. The van der Waals surface area contributed by atoms with Gasteiger partial charge in [0, 0.05) is 33.0 Å². The number of thioether (sulfide) groups is 1. The summed E-state index contributed by atoms with van der Waals surface area (Å²) in [6.45, 7) is 3.91. The van der Waals surface area contributed by atoms with Crippen LogP contribution in [0.5, 0.6) is 0 Å². The third kappa shape index (κ3) is 7.09. The van der Waals surface area contributed by atoms with Crippen molar-refractivity contribution in [3.63, 3.8) is 0 Å². The van der Waals surface area contributed by atoms with Gasteiger partial charge >= 0.3 is 0 Å². The minimum absolute atomic E-state index is 0.0245. The highest BCUT2D eigenvalue weighted by Crippen LogP contribution is 2.28. The van der Waals surface area contributed by atoms with E-state index in [1.165, 1.54) is 23.1 Å². The number of hydrogen-bond acceptors (Lipinski definition) is 5. The Morgan fingerprint density at radius 1 is 1.10 bits per heavy atom. The number of aromatic nitrogens is 1. The Labute approximate surface area is 195 Å². The van der Waals surface area contributed by atoms with Crippen LogP contribution in [0.4, 0.5) is 10.8 Å². The van der Waals surface area contributed by atoms with Crippen LogP contribution in [-0.2, 0) is 9.59 Å². The van der Waals surface area contributed by atoms with Crippen LogP contribution in [-0.4, -0.2) is 22.0 Å². The summed E-state index contributed by atoms with van der Waals surface area (Å²) in [6, 6.07) is 15.0. The Morgan fingerprint density at radius 3 is 2.48 bits per heavy atom. The van der Waals surface area contributed by atoms with E-state index in [2.05, 4.69) is 22.5 Å². The van der Waals surface area contributed by atoms with Crippen molar-refractivity contribution in [2.24, 2.45) is 0 Å². The van der Waals surface area contributed by atoms with Crippen LogP contribution in [0.15, 0.2) is 58.8 Å². The van der Waals surface area contributed by atoms with E-state index in [9.17, 15) is 9.59 Å². The molecule has 0 fully saturated rings. The molecule has 0 aliphatic carbocycles. The zero-order valence-corrected chi connectivity index (χ0v) is 19.7. The Kier molecular flexibility index (Phi) is 8.51. The van der Waals surface area contributed by atoms with Gasteiger partial charge in [0.25, 0.3) is 0 Å². The average molecular weight is 474 g/mol. The number of thiazole rings is 1. The number of amides is 2. The number of hydrogen-bond donors (Lipinski definition) is 2. The molecular weight excluding hydrogens is 450 g/mol. The van der Waals surface area contributed by atoms with Crippen LogP contribution in [0.3, 0.4) is 0 Å². The zero-order chi connectivity index (χ0) is 22.2. The zero-order valence-electron chi connectivity index (χ0n) is 17.4. The minimum Gasteiger partial charge on any atom is -0.326 e. The number of unbranched alkanes of at least 4 members (excludes halogenated alkanes) is 1. The van der Waals surface area contributed by atoms with Crippen LogP contribution in [0.25, 0.3) is 11.3 Å². The van der Waals surface area contributed by atoms with Crippen molar-refractivity contribution in [1.82, 2.24) is 4.98 Å². The number of nitrogens with one attached hydrogen (secondary N) is 2. The molecule has 0 saturated heterocycles. The maximum Gasteiger partial charge on any atom is 0.239 e. The SMILES string of the molecule is CCCCC(=O)Nc1ccc(SC(C)C(=O)Nc2nc(-c3ccc(Cl)cc3)cs2)cc1. The summed E-state index contributed by atoms with van der Waals surface area (Å²) >= 11 is 8.77. The molecule has 1 unspecified atom stereocenters. The van der Waals surface area contributed by atoms with E-state index >= 15 is 0 Å². The number of rotatable bonds is 9. The van der Waals surface area contributed by atoms with Gasteiger partial charge in [-0.25, -0.2) is 4.98 Å². The van der Waals surface area contributed by atoms with Crippen molar-refractivity contribution in [1.29, 1.82) is 0 Å². The van der Waals surface area contributed by atoms with Gasteiger partial charge in [0.05, 0.1) is 10.9 Å². The van der Waals surface area contributed by atoms with Crippen molar-refractivity contribution < 1.29 is 9.59 Å². The second kappa shape index (κ2) is 11.3. The normalized spacial score (nSPS) is 11.7. The summed E-state index contributed by atoms with van der Waals surface area (Å²) in [4.78, 5) is 29.9. The van der Waals surface area contributed by atoms with Crippen molar-refractivity contribution in [2.45, 2.75) is 43.3 Å². The maximum atomic E-state index is 12.6. The fourth-order valence-corrected chi connectivity index (χ4v) is 4.44. The quantitative estimate of drug-likeness (QED) is 0.339. The monoisotopic (exact) mass is 473 g/mol. The predicted molar refractivity (Wildman–Crippen MR) is 131 cm³/mol. The van der Waals surface area contributed by atoms with Crippen molar-refractivity contribution in [3.8, 4) is 11.3 Å². The van der Waals surface area contributed by atoms with Crippen LogP contribution < -0.4 is 10.6 Å². The van der Waals surface area contributed by atoms with Gasteiger partial charge in [0.2, 0.25) is 11.8 Å². The van der Waals surface area contributed by atoms with E-state index < -0.39 is 0 Å². The molecule has 0 spiro atoms. The highest BCUT2D eigenvalue weighted by molar-refractivity contribution is 8.00. The molecule has 2 aromatic carbocycles. The van der Waals surface area contributed by atoms with Crippen LogP contribution >= 0.6 is 34.7 Å². The third-order valence-corrected chi connectivity index (χ3v) is 6.57. The van der Waals surface area contributed by atoms with Gasteiger partial charge in [0.15, 0.2) is 5.13 Å². The van der Waals surface area contributed by atoms with Gasteiger partial charge in [-0.1, -0.05) is 37.1 Å². The molecule has 2 amide bonds. The van der Waals surface area contributed by atoms with E-state index in [1.807, 2.05) is 60.8 Å². The summed E-state index contributed by atoms with van der Waals surface area (Å²) in [7, 11) is 0. The average Bonchev–Trinajstić information content (AvgIpc) is 3.22. The third-order valence-electron chi connectivity index (χ3n) is 4.45. The first kappa shape index (κ1) is 23.3. The van der Waals surface area contributed by atoms with Crippen LogP contribution in [0, 0.1) is 0 Å². The van der Waals surface area contributed by atoms with E-state index in [4.69, 9.17) is 11.6 Å². The molecule has 31 heavy (non-hydrogen) atoms. The Bertz CT molecular complexity index is 1020. The van der Waals surface area contributed by atoms with E-state index in [0.29, 0.717) is 16.6 Å². The molecule has 0 bridgehead atoms. The van der Waals surface area contributed by atoms with E-state index in [0.717, 1.165) is 34.7 Å². The first-order valence-electron chi connectivity index (χ1n) is 10.0. The highest BCUT2D eigenvalue weighted by Gasteiger charge is 2.16. The van der Waals surface area contributed by atoms with Crippen molar-refractivity contribution >= 4 is 57.3 Å². The van der Waals surface area contributed by atoms with Gasteiger partial charge in [-0.15, -0.1) is 23.1 Å². The molecule has 3 aromatic rings. The van der Waals surface area contributed by atoms with E-state index in [-0.39, 0.29) is 17.1 Å². The summed E-state index contributed by atoms with van der Waals surface area (Å²) in [5.41, 5.74) is 2.51. The molecule has 1 atom stereocenters. The lowest BCUT2D eigenvalue weighted by atomic mass is 10.2. The van der Waals surface area contributed by atoms with Gasteiger partial charge in [0.1, 0.15) is 0 Å². The van der Waals surface area contributed by atoms with Gasteiger partial charge in [-0.05, 0) is 49.7 Å². The topological polar surface area (TPSA) is 71.1 Å². The predicted octanol–water partition coefficient (Wildman–Crippen LogP) is 6.71. The lowest BCUT2D eigenvalue weighted by Crippen LogP contribution is -2.22. The van der Waals surface area contributed by atoms with Gasteiger partial charge in [-0.2, -0.15) is 0 Å². The molecule has 2 N–H and O–H groups in total. The van der Waals surface area contributed by atoms with Crippen LogP contribution in [0.2, 0.25) is 5.02 Å². The maximum absolute atomic E-state index is 12.6. The molecule has 1 heterocycles. The lowest BCUT2D eigenvalue weighted by molar-refractivity contribution is -0.116. The highest BCUT2D eigenvalue weighted by atomic mass is 35.5.